The Morgan fingerprint density at radius 2 is 1.88 bits per heavy atom. The van der Waals surface area contributed by atoms with Gasteiger partial charge in [0.25, 0.3) is 5.91 Å². The second-order valence-corrected chi connectivity index (χ2v) is 4.52. The maximum absolute atomic E-state index is 12.1. The van der Waals surface area contributed by atoms with E-state index in [1.54, 1.807) is 5.01 Å². The van der Waals surface area contributed by atoms with Crippen molar-refractivity contribution < 1.29 is 4.79 Å². The van der Waals surface area contributed by atoms with E-state index in [2.05, 4.69) is 10.1 Å². The van der Waals surface area contributed by atoms with E-state index in [0.717, 1.165) is 32.5 Å². The van der Waals surface area contributed by atoms with Crippen LogP contribution in [-0.2, 0) is 4.79 Å². The van der Waals surface area contributed by atoms with Crippen LogP contribution in [0.5, 0.6) is 0 Å². The highest BCUT2D eigenvalue weighted by Crippen LogP contribution is 2.27. The minimum absolute atomic E-state index is 0.152. The van der Waals surface area contributed by atoms with Crippen LogP contribution in [0.4, 0.5) is 0 Å². The average molecular weight is 240 g/mol. The number of rotatable bonds is 4. The minimum Gasteiger partial charge on any atom is -0.284 e. The molecule has 2 saturated heterocycles. The molecule has 0 radical (unpaired) electrons. The van der Waals surface area contributed by atoms with Crippen LogP contribution in [0.1, 0.15) is 26.7 Å². The maximum atomic E-state index is 12.1. The lowest BCUT2D eigenvalue weighted by molar-refractivity contribution is -0.140. The van der Waals surface area contributed by atoms with Crippen molar-refractivity contribution in [3.05, 3.63) is 4.91 Å². The summed E-state index contributed by atoms with van der Waals surface area (Å²) in [6, 6.07) is -0.756. The molecule has 0 spiro atoms. The third-order valence-corrected chi connectivity index (χ3v) is 3.66. The van der Waals surface area contributed by atoms with E-state index in [1.165, 1.54) is 0 Å². The Morgan fingerprint density at radius 1 is 1.24 bits per heavy atom. The summed E-state index contributed by atoms with van der Waals surface area (Å²) in [6.45, 7) is 7.17. The molecule has 0 aromatic heterocycles. The lowest BCUT2D eigenvalue weighted by atomic mass is 10.2. The molecule has 2 aliphatic rings. The van der Waals surface area contributed by atoms with Crippen LogP contribution in [0.15, 0.2) is 5.18 Å². The van der Waals surface area contributed by atoms with Gasteiger partial charge < -0.3 is 0 Å². The molecule has 2 unspecified atom stereocenters. The minimum atomic E-state index is -0.756. The predicted molar refractivity (Wildman–Crippen MR) is 63.9 cm³/mol. The molecule has 0 N–H and O–H groups in total. The summed E-state index contributed by atoms with van der Waals surface area (Å²) in [4.78, 5) is 25.2. The largest absolute Gasteiger partial charge is 0.284 e. The lowest BCUT2D eigenvalue weighted by Crippen LogP contribution is -2.50. The first-order chi connectivity index (χ1) is 8.24. The quantitative estimate of drug-likeness (QED) is 0.677. The molecule has 2 rings (SSSR count). The van der Waals surface area contributed by atoms with Crippen molar-refractivity contribution >= 4 is 5.91 Å². The molecule has 2 atom stereocenters. The van der Waals surface area contributed by atoms with Crippen LogP contribution >= 0.6 is 0 Å². The number of likely N-dealkylation sites (N-methyl/N-ethyl adjacent to an activating group) is 2. The van der Waals surface area contributed by atoms with Crippen molar-refractivity contribution in [2.24, 2.45) is 5.18 Å². The number of amides is 1. The van der Waals surface area contributed by atoms with Crippen molar-refractivity contribution in [3.8, 4) is 0 Å². The summed E-state index contributed by atoms with van der Waals surface area (Å²) in [7, 11) is 0. The van der Waals surface area contributed by atoms with Gasteiger partial charge in [-0.3, -0.25) is 14.7 Å². The van der Waals surface area contributed by atoms with E-state index in [4.69, 9.17) is 0 Å². The van der Waals surface area contributed by atoms with E-state index in [9.17, 15) is 9.70 Å². The Balaban J connectivity index is 2.25. The Bertz CT molecular complexity index is 304. The molecular weight excluding hydrogens is 220 g/mol. The molecule has 0 saturated carbocycles. The van der Waals surface area contributed by atoms with Gasteiger partial charge in [0.1, 0.15) is 6.17 Å². The second kappa shape index (κ2) is 5.10. The Morgan fingerprint density at radius 3 is 2.35 bits per heavy atom. The molecule has 6 heteroatoms. The molecule has 6 nitrogen and oxygen atoms in total. The first-order valence-corrected chi connectivity index (χ1v) is 6.39. The number of nitrogens with zero attached hydrogens (tertiary/aromatic N) is 4. The number of nitroso groups, excluding NO2 is 1. The molecule has 0 aromatic carbocycles. The van der Waals surface area contributed by atoms with Gasteiger partial charge in [-0.1, -0.05) is 12.1 Å². The monoisotopic (exact) mass is 240 g/mol. The molecule has 0 aliphatic carbocycles. The highest BCUT2D eigenvalue weighted by atomic mass is 16.3. The Kier molecular flexibility index (Phi) is 3.73. The number of carbonyl (C=O) groups is 1. The van der Waals surface area contributed by atoms with E-state index in [-0.39, 0.29) is 12.1 Å². The topological polar surface area (TPSA) is 56.2 Å². The van der Waals surface area contributed by atoms with E-state index in [0.29, 0.717) is 6.54 Å². The van der Waals surface area contributed by atoms with Gasteiger partial charge in [-0.25, -0.2) is 0 Å². The third kappa shape index (κ3) is 1.95. The number of hydrazine groups is 1. The van der Waals surface area contributed by atoms with Crippen LogP contribution < -0.4 is 0 Å². The maximum Gasteiger partial charge on any atom is 0.268 e. The molecule has 2 fully saturated rings. The summed E-state index contributed by atoms with van der Waals surface area (Å²) >= 11 is 0. The molecule has 0 aromatic rings. The molecule has 2 aliphatic heterocycles. The molecule has 0 bridgehead atoms. The first-order valence-electron chi connectivity index (χ1n) is 6.39. The highest BCUT2D eigenvalue weighted by Gasteiger charge is 2.49. The molecular formula is C11H20N4O2. The summed E-state index contributed by atoms with van der Waals surface area (Å²) in [5.41, 5.74) is 0. The summed E-state index contributed by atoms with van der Waals surface area (Å²) in [6.07, 6.45) is 2.12. The normalized spacial score (nSPS) is 31.4. The van der Waals surface area contributed by atoms with Gasteiger partial charge in [0, 0.05) is 13.1 Å². The van der Waals surface area contributed by atoms with Crippen LogP contribution in [0, 0.1) is 4.91 Å². The smallest absolute Gasteiger partial charge is 0.268 e. The van der Waals surface area contributed by atoms with Crippen LogP contribution in [0.25, 0.3) is 0 Å². The van der Waals surface area contributed by atoms with Crippen LogP contribution in [0.3, 0.4) is 0 Å². The number of hydrogen-bond donors (Lipinski definition) is 0. The zero-order valence-electron chi connectivity index (χ0n) is 10.5. The Labute approximate surface area is 101 Å². The third-order valence-electron chi connectivity index (χ3n) is 3.66. The van der Waals surface area contributed by atoms with Crippen LogP contribution in [0.2, 0.25) is 0 Å². The molecule has 1 amide bonds. The van der Waals surface area contributed by atoms with E-state index < -0.39 is 6.04 Å². The van der Waals surface area contributed by atoms with Crippen molar-refractivity contribution in [1.29, 1.82) is 0 Å². The van der Waals surface area contributed by atoms with E-state index >= 15 is 0 Å². The van der Waals surface area contributed by atoms with Gasteiger partial charge in [0.15, 0.2) is 0 Å². The van der Waals surface area contributed by atoms with Gasteiger partial charge in [-0.2, -0.15) is 5.01 Å². The van der Waals surface area contributed by atoms with Crippen molar-refractivity contribution in [2.75, 3.05) is 26.2 Å². The molecule has 2 heterocycles. The van der Waals surface area contributed by atoms with E-state index in [1.807, 2.05) is 18.9 Å². The van der Waals surface area contributed by atoms with Gasteiger partial charge in [0.05, 0.1) is 0 Å². The fraction of sp³-hybridized carbons (Fsp3) is 0.909. The lowest BCUT2D eigenvalue weighted by Gasteiger charge is -2.34. The zero-order chi connectivity index (χ0) is 12.4. The zero-order valence-corrected chi connectivity index (χ0v) is 10.5. The van der Waals surface area contributed by atoms with Gasteiger partial charge >= 0.3 is 0 Å². The average Bonchev–Trinajstić information content (AvgIpc) is 2.93. The Hall–Kier alpha value is -1.01. The number of carbonyl (C=O) groups excluding carboxylic acids is 1. The number of hydrogen-bond acceptors (Lipinski definition) is 5. The fourth-order valence-corrected chi connectivity index (χ4v) is 2.90. The standard InChI is InChI=1S/C11H20N4O2/c1-3-14-10(13-7-5-6-8-13)9(12-17)11(16)15(14)4-2/h9-10H,3-8H2,1-2H3. The van der Waals surface area contributed by atoms with Crippen LogP contribution in [-0.4, -0.2) is 59.2 Å². The molecule has 96 valence electrons. The molecule has 17 heavy (non-hydrogen) atoms. The van der Waals surface area contributed by atoms with Crippen molar-refractivity contribution in [3.63, 3.8) is 0 Å². The van der Waals surface area contributed by atoms with Crippen molar-refractivity contribution in [1.82, 2.24) is 14.9 Å². The summed E-state index contributed by atoms with van der Waals surface area (Å²) in [5, 5.41) is 6.71. The fourth-order valence-electron chi connectivity index (χ4n) is 2.90. The predicted octanol–water partition coefficient (Wildman–Crippen LogP) is 0.642. The summed E-state index contributed by atoms with van der Waals surface area (Å²) in [5.74, 6) is -0.152. The number of likely N-dealkylation sites (tertiary alicyclic amines) is 1. The highest BCUT2D eigenvalue weighted by molar-refractivity contribution is 5.84. The SMILES string of the molecule is CCN1C(=O)C(N=O)C(N2CCCC2)N1CC. The first kappa shape index (κ1) is 12.4. The van der Waals surface area contributed by atoms with Crippen molar-refractivity contribution in [2.45, 2.75) is 38.9 Å². The van der Waals surface area contributed by atoms with Gasteiger partial charge in [0.2, 0.25) is 6.04 Å². The summed E-state index contributed by atoms with van der Waals surface area (Å²) < 4.78 is 0. The second-order valence-electron chi connectivity index (χ2n) is 4.52. The van der Waals surface area contributed by atoms with Gasteiger partial charge in [-0.05, 0) is 32.9 Å². The van der Waals surface area contributed by atoms with Gasteiger partial charge in [-0.15, -0.1) is 4.91 Å².